The lowest BCUT2D eigenvalue weighted by Gasteiger charge is -2.26. The largest absolute Gasteiger partial charge is 0.490 e. The zero-order valence-corrected chi connectivity index (χ0v) is 19.4. The van der Waals surface area contributed by atoms with Crippen molar-refractivity contribution in [3.05, 3.63) is 82.3 Å². The van der Waals surface area contributed by atoms with E-state index in [1.54, 1.807) is 32.0 Å². The molecule has 178 valence electrons. The smallest absolute Gasteiger partial charge is 0.379 e. The summed E-state index contributed by atoms with van der Waals surface area (Å²) in [7, 11) is 0. The minimum absolute atomic E-state index is 0.0177. The monoisotopic (exact) mass is 494 g/mol. The number of barbiturate groups is 1. The van der Waals surface area contributed by atoms with Crippen LogP contribution in [0.2, 0.25) is 5.02 Å². The second-order valence-corrected chi connectivity index (χ2v) is 7.80. The Bertz CT molecular complexity index is 1360. The highest BCUT2D eigenvalue weighted by Gasteiger charge is 2.37. The Labute approximate surface area is 204 Å². The summed E-state index contributed by atoms with van der Waals surface area (Å²) < 4.78 is 16.0. The first-order chi connectivity index (χ1) is 16.8. The van der Waals surface area contributed by atoms with Gasteiger partial charge in [0.25, 0.3) is 11.8 Å². The van der Waals surface area contributed by atoms with Crippen LogP contribution in [-0.4, -0.2) is 30.4 Å². The van der Waals surface area contributed by atoms with Crippen LogP contribution in [0.25, 0.3) is 6.08 Å². The Morgan fingerprint density at radius 3 is 2.60 bits per heavy atom. The third-order valence-electron chi connectivity index (χ3n) is 5.02. The molecule has 4 rings (SSSR count). The van der Waals surface area contributed by atoms with Crippen molar-refractivity contribution in [2.24, 2.45) is 0 Å². The van der Waals surface area contributed by atoms with Gasteiger partial charge in [0, 0.05) is 5.02 Å². The van der Waals surface area contributed by atoms with Crippen molar-refractivity contribution >= 4 is 47.2 Å². The molecule has 0 bridgehead atoms. The van der Waals surface area contributed by atoms with E-state index in [0.29, 0.717) is 10.6 Å². The van der Waals surface area contributed by atoms with Gasteiger partial charge in [-0.25, -0.2) is 14.5 Å². The van der Waals surface area contributed by atoms with Gasteiger partial charge in [-0.2, -0.15) is 0 Å². The van der Waals surface area contributed by atoms with Gasteiger partial charge in [-0.3, -0.25) is 14.9 Å². The number of carbonyl (C=O) groups excluding carboxylic acids is 4. The fourth-order valence-corrected chi connectivity index (χ4v) is 3.47. The Morgan fingerprint density at radius 1 is 1.11 bits per heavy atom. The van der Waals surface area contributed by atoms with E-state index in [4.69, 9.17) is 25.5 Å². The van der Waals surface area contributed by atoms with E-state index in [2.05, 4.69) is 5.32 Å². The van der Waals surface area contributed by atoms with E-state index in [0.717, 1.165) is 10.5 Å². The fraction of sp³-hybridized carbons (Fsp3) is 0.120. The fourth-order valence-electron chi connectivity index (χ4n) is 3.29. The SMILES string of the molecule is CCOc1cc(/C=C2/C(=O)NC(=O)N(c3ccc(C)c(Cl)c3)C2=O)ccc1OC(=O)c1ccco1. The van der Waals surface area contributed by atoms with Crippen molar-refractivity contribution in [2.75, 3.05) is 11.5 Å². The zero-order valence-electron chi connectivity index (χ0n) is 18.7. The molecule has 10 heteroatoms. The van der Waals surface area contributed by atoms with Crippen LogP contribution in [0.1, 0.15) is 28.6 Å². The van der Waals surface area contributed by atoms with E-state index in [1.807, 2.05) is 0 Å². The number of halogens is 1. The van der Waals surface area contributed by atoms with Gasteiger partial charge in [0.05, 0.1) is 18.6 Å². The van der Waals surface area contributed by atoms with Gasteiger partial charge in [0.2, 0.25) is 5.76 Å². The molecular weight excluding hydrogens is 476 g/mol. The molecule has 0 spiro atoms. The zero-order chi connectivity index (χ0) is 25.1. The first-order valence-electron chi connectivity index (χ1n) is 10.5. The molecule has 0 aliphatic carbocycles. The van der Waals surface area contributed by atoms with Gasteiger partial charge in [0.15, 0.2) is 11.5 Å². The first-order valence-corrected chi connectivity index (χ1v) is 10.9. The van der Waals surface area contributed by atoms with Crippen LogP contribution in [0.15, 0.2) is 64.8 Å². The molecule has 0 unspecified atom stereocenters. The van der Waals surface area contributed by atoms with Gasteiger partial charge in [-0.1, -0.05) is 23.7 Å². The molecular formula is C25H19ClN2O7. The molecule has 4 amide bonds. The molecule has 0 saturated carbocycles. The first kappa shape index (κ1) is 23.8. The van der Waals surface area contributed by atoms with Crippen molar-refractivity contribution in [3.8, 4) is 11.5 Å². The second-order valence-electron chi connectivity index (χ2n) is 7.40. The second kappa shape index (κ2) is 9.86. The molecule has 0 radical (unpaired) electrons. The number of imide groups is 2. The number of esters is 1. The number of aryl methyl sites for hydroxylation is 1. The van der Waals surface area contributed by atoms with E-state index in [9.17, 15) is 19.2 Å². The van der Waals surface area contributed by atoms with Crippen LogP contribution in [0.3, 0.4) is 0 Å². The lowest BCUT2D eigenvalue weighted by molar-refractivity contribution is -0.122. The number of carbonyl (C=O) groups is 4. The van der Waals surface area contributed by atoms with Crippen molar-refractivity contribution < 1.29 is 33.1 Å². The lowest BCUT2D eigenvalue weighted by Crippen LogP contribution is -2.54. The topological polar surface area (TPSA) is 115 Å². The quantitative estimate of drug-likeness (QED) is 0.232. The van der Waals surface area contributed by atoms with E-state index in [-0.39, 0.29) is 35.1 Å². The van der Waals surface area contributed by atoms with Crippen LogP contribution in [0.5, 0.6) is 11.5 Å². The molecule has 35 heavy (non-hydrogen) atoms. The number of ether oxygens (including phenoxy) is 2. The number of rotatable bonds is 6. The summed E-state index contributed by atoms with van der Waals surface area (Å²) >= 11 is 6.15. The summed E-state index contributed by atoms with van der Waals surface area (Å²) in [5.74, 6) is -2.02. The standard InChI is InChI=1S/C25H19ClN2O7/c1-3-33-21-12-15(7-9-19(21)35-24(31)20-5-4-10-34-20)11-17-22(29)27-25(32)28(23(17)30)16-8-6-14(2)18(26)13-16/h4-13H,3H2,1-2H3,(H,27,29,32)/b17-11-. The van der Waals surface area contributed by atoms with E-state index < -0.39 is 23.8 Å². The van der Waals surface area contributed by atoms with E-state index >= 15 is 0 Å². The summed E-state index contributed by atoms with van der Waals surface area (Å²) in [6.45, 7) is 3.80. The van der Waals surface area contributed by atoms with Crippen LogP contribution < -0.4 is 19.7 Å². The van der Waals surface area contributed by atoms with Gasteiger partial charge < -0.3 is 13.9 Å². The number of benzene rings is 2. The lowest BCUT2D eigenvalue weighted by atomic mass is 10.1. The number of nitrogens with zero attached hydrogens (tertiary/aromatic N) is 1. The maximum absolute atomic E-state index is 13.1. The molecule has 1 aliphatic heterocycles. The predicted molar refractivity (Wildman–Crippen MR) is 126 cm³/mol. The van der Waals surface area contributed by atoms with Gasteiger partial charge in [0.1, 0.15) is 5.57 Å². The summed E-state index contributed by atoms with van der Waals surface area (Å²) in [6, 6.07) is 11.3. The van der Waals surface area contributed by atoms with Crippen molar-refractivity contribution in [2.45, 2.75) is 13.8 Å². The summed E-state index contributed by atoms with van der Waals surface area (Å²) in [5.41, 5.74) is 1.12. The number of hydrogen-bond donors (Lipinski definition) is 1. The van der Waals surface area contributed by atoms with Crippen LogP contribution >= 0.6 is 11.6 Å². The number of hydrogen-bond acceptors (Lipinski definition) is 7. The van der Waals surface area contributed by atoms with Crippen molar-refractivity contribution in [3.63, 3.8) is 0 Å². The van der Waals surface area contributed by atoms with Crippen LogP contribution in [0.4, 0.5) is 10.5 Å². The predicted octanol–water partition coefficient (Wildman–Crippen LogP) is 4.53. The molecule has 2 heterocycles. The molecule has 1 fully saturated rings. The Morgan fingerprint density at radius 2 is 1.91 bits per heavy atom. The molecule has 1 saturated heterocycles. The highest BCUT2D eigenvalue weighted by Crippen LogP contribution is 2.31. The van der Waals surface area contributed by atoms with Gasteiger partial charge >= 0.3 is 12.0 Å². The minimum Gasteiger partial charge on any atom is -0.490 e. The average Bonchev–Trinajstić information content (AvgIpc) is 3.36. The normalized spacial score (nSPS) is 14.8. The Hall–Kier alpha value is -4.37. The third kappa shape index (κ3) is 4.95. The van der Waals surface area contributed by atoms with Crippen molar-refractivity contribution in [1.29, 1.82) is 0 Å². The maximum Gasteiger partial charge on any atom is 0.379 e. The molecule has 1 aliphatic rings. The molecule has 2 aromatic carbocycles. The maximum atomic E-state index is 13.1. The number of nitrogens with one attached hydrogen (secondary N) is 1. The van der Waals surface area contributed by atoms with Gasteiger partial charge in [-0.05, 0) is 67.4 Å². The Balaban J connectivity index is 1.66. The highest BCUT2D eigenvalue weighted by atomic mass is 35.5. The molecule has 0 atom stereocenters. The Kier molecular flexibility index (Phi) is 6.70. The van der Waals surface area contributed by atoms with Crippen LogP contribution in [0, 0.1) is 6.92 Å². The minimum atomic E-state index is -0.882. The molecule has 3 aromatic rings. The third-order valence-corrected chi connectivity index (χ3v) is 5.43. The van der Waals surface area contributed by atoms with Crippen LogP contribution in [-0.2, 0) is 9.59 Å². The highest BCUT2D eigenvalue weighted by molar-refractivity contribution is 6.39. The number of furan rings is 1. The summed E-state index contributed by atoms with van der Waals surface area (Å²) in [6.07, 6.45) is 2.66. The summed E-state index contributed by atoms with van der Waals surface area (Å²) in [5, 5.41) is 2.53. The van der Waals surface area contributed by atoms with E-state index in [1.165, 1.54) is 42.7 Å². The molecule has 1 aromatic heterocycles. The summed E-state index contributed by atoms with van der Waals surface area (Å²) in [4.78, 5) is 51.1. The number of anilines is 1. The van der Waals surface area contributed by atoms with Crippen molar-refractivity contribution in [1.82, 2.24) is 5.32 Å². The number of amides is 4. The average molecular weight is 495 g/mol. The number of urea groups is 1. The molecule has 1 N–H and O–H groups in total. The van der Waals surface area contributed by atoms with Gasteiger partial charge in [-0.15, -0.1) is 0 Å². The molecule has 9 nitrogen and oxygen atoms in total.